The predicted molar refractivity (Wildman–Crippen MR) is 141 cm³/mol. The molecule has 8 nitrogen and oxygen atoms in total. The predicted octanol–water partition coefficient (Wildman–Crippen LogP) is 5.66. The van der Waals surface area contributed by atoms with Crippen LogP contribution < -0.4 is 15.1 Å². The topological polar surface area (TPSA) is 98.9 Å². The molecule has 0 N–H and O–H groups in total. The number of aromatic nitrogens is 1. The molecule has 190 valence electrons. The summed E-state index contributed by atoms with van der Waals surface area (Å²) in [5, 5.41) is 0.677. The van der Waals surface area contributed by atoms with Crippen LogP contribution in [0.15, 0.2) is 57.7 Å². The fourth-order valence-electron chi connectivity index (χ4n) is 4.38. The van der Waals surface area contributed by atoms with Gasteiger partial charge in [-0.3, -0.25) is 14.5 Å². The first-order chi connectivity index (χ1) is 17.9. The van der Waals surface area contributed by atoms with E-state index >= 15 is 0 Å². The van der Waals surface area contributed by atoms with Gasteiger partial charge in [-0.25, -0.2) is 9.78 Å². The highest BCUT2D eigenvalue weighted by atomic mass is 32.1. The number of amides is 1. The molecule has 1 atom stereocenters. The van der Waals surface area contributed by atoms with Gasteiger partial charge in [-0.05, 0) is 50.1 Å². The van der Waals surface area contributed by atoms with E-state index in [1.54, 1.807) is 38.1 Å². The van der Waals surface area contributed by atoms with E-state index < -0.39 is 17.9 Å². The van der Waals surface area contributed by atoms with Gasteiger partial charge in [0, 0.05) is 0 Å². The molecule has 1 aliphatic rings. The number of hydrogen-bond acceptors (Lipinski definition) is 8. The van der Waals surface area contributed by atoms with Gasteiger partial charge in [-0.2, -0.15) is 0 Å². The summed E-state index contributed by atoms with van der Waals surface area (Å²) < 4.78 is 16.9. The Bertz CT molecular complexity index is 1540. The molecule has 0 unspecified atom stereocenters. The number of hydrogen-bond donors (Lipinski definition) is 0. The molecule has 9 heteroatoms. The molecule has 3 heterocycles. The SMILES string of the molecule is CCCCOc1ccc([C@@H]2c3c(oc4ccccc4c3=O)C(=O)N2c2nc(C)c(C(=O)OCC)s2)cc1. The molecule has 4 aromatic rings. The number of carbonyl (C=O) groups excluding carboxylic acids is 2. The third kappa shape index (κ3) is 4.40. The maximum atomic E-state index is 13.8. The summed E-state index contributed by atoms with van der Waals surface area (Å²) in [6.45, 7) is 6.34. The number of unbranched alkanes of at least 4 members (excludes halogenated alkanes) is 1. The molecule has 0 saturated heterocycles. The number of benzene rings is 2. The van der Waals surface area contributed by atoms with E-state index in [0.29, 0.717) is 39.5 Å². The van der Waals surface area contributed by atoms with E-state index in [4.69, 9.17) is 13.9 Å². The van der Waals surface area contributed by atoms with Gasteiger partial charge in [-0.1, -0.05) is 48.9 Å². The van der Waals surface area contributed by atoms with E-state index in [-0.39, 0.29) is 28.5 Å². The standard InChI is InChI=1S/C28H26N2O6S/c1-4-6-15-35-18-13-11-17(12-14-18)22-21-23(31)19-9-7-8-10-20(19)36-24(21)26(32)30(22)28-29-16(3)25(37-28)27(33)34-5-2/h7-14,22H,4-6,15H2,1-3H3/t22-/m1/s1. The second-order valence-electron chi connectivity index (χ2n) is 8.65. The van der Waals surface area contributed by atoms with Crippen LogP contribution in [0.4, 0.5) is 5.13 Å². The lowest BCUT2D eigenvalue weighted by Crippen LogP contribution is -2.29. The zero-order valence-corrected chi connectivity index (χ0v) is 21.6. The number of rotatable bonds is 8. The Hall–Kier alpha value is -3.98. The van der Waals surface area contributed by atoms with E-state index in [1.165, 1.54) is 4.90 Å². The van der Waals surface area contributed by atoms with Crippen LogP contribution in [0.2, 0.25) is 0 Å². The molecule has 2 aromatic carbocycles. The first-order valence-electron chi connectivity index (χ1n) is 12.2. The lowest BCUT2D eigenvalue weighted by atomic mass is 9.98. The molecular formula is C28H26N2O6S. The van der Waals surface area contributed by atoms with Gasteiger partial charge in [0.25, 0.3) is 5.91 Å². The van der Waals surface area contributed by atoms with Crippen molar-refractivity contribution in [2.24, 2.45) is 0 Å². The van der Waals surface area contributed by atoms with E-state index in [2.05, 4.69) is 11.9 Å². The van der Waals surface area contributed by atoms with Crippen molar-refractivity contribution in [1.82, 2.24) is 4.98 Å². The number of ether oxygens (including phenoxy) is 2. The largest absolute Gasteiger partial charge is 0.494 e. The van der Waals surface area contributed by atoms with Crippen molar-refractivity contribution in [3.63, 3.8) is 0 Å². The minimum atomic E-state index is -0.784. The molecule has 2 aromatic heterocycles. The molecular weight excluding hydrogens is 492 g/mol. The quantitative estimate of drug-likeness (QED) is 0.219. The number of thiazole rings is 1. The Labute approximate surface area is 217 Å². The monoisotopic (exact) mass is 518 g/mol. The first-order valence-corrected chi connectivity index (χ1v) is 13.0. The minimum absolute atomic E-state index is 0.0255. The van der Waals surface area contributed by atoms with Gasteiger partial charge in [-0.15, -0.1) is 0 Å². The summed E-state index contributed by atoms with van der Waals surface area (Å²) in [6, 6.07) is 13.4. The highest BCUT2D eigenvalue weighted by molar-refractivity contribution is 7.17. The number of aryl methyl sites for hydroxylation is 1. The number of esters is 1. The summed E-state index contributed by atoms with van der Waals surface area (Å²) >= 11 is 1.06. The Morgan fingerprint density at radius 1 is 1.11 bits per heavy atom. The second-order valence-corrected chi connectivity index (χ2v) is 9.63. The van der Waals surface area contributed by atoms with Gasteiger partial charge in [0.2, 0.25) is 5.76 Å². The molecule has 0 bridgehead atoms. The summed E-state index contributed by atoms with van der Waals surface area (Å²) in [6.07, 6.45) is 1.97. The van der Waals surface area contributed by atoms with Crippen LogP contribution in [0.3, 0.4) is 0 Å². The fraction of sp³-hybridized carbons (Fsp3) is 0.286. The molecule has 1 aliphatic heterocycles. The van der Waals surface area contributed by atoms with Crippen molar-refractivity contribution in [1.29, 1.82) is 0 Å². The smallest absolute Gasteiger partial charge is 0.350 e. The van der Waals surface area contributed by atoms with Crippen LogP contribution in [-0.2, 0) is 4.74 Å². The average molecular weight is 519 g/mol. The molecule has 0 spiro atoms. The van der Waals surface area contributed by atoms with E-state index in [9.17, 15) is 14.4 Å². The molecule has 1 amide bonds. The van der Waals surface area contributed by atoms with E-state index in [0.717, 1.165) is 24.2 Å². The second kappa shape index (κ2) is 10.2. The Kier molecular flexibility index (Phi) is 6.80. The minimum Gasteiger partial charge on any atom is -0.494 e. The molecule has 0 saturated carbocycles. The van der Waals surface area contributed by atoms with Crippen molar-refractivity contribution in [3.05, 3.63) is 86.2 Å². The third-order valence-electron chi connectivity index (χ3n) is 6.19. The maximum Gasteiger partial charge on any atom is 0.350 e. The highest BCUT2D eigenvalue weighted by Crippen LogP contribution is 2.43. The number of carbonyl (C=O) groups is 2. The third-order valence-corrected chi connectivity index (χ3v) is 7.33. The Balaban J connectivity index is 1.65. The van der Waals surface area contributed by atoms with Gasteiger partial charge < -0.3 is 13.9 Å². The molecule has 5 rings (SSSR count). The van der Waals surface area contributed by atoms with Crippen LogP contribution in [0.1, 0.15) is 69.8 Å². The van der Waals surface area contributed by atoms with Crippen molar-refractivity contribution < 1.29 is 23.5 Å². The summed E-state index contributed by atoms with van der Waals surface area (Å²) in [7, 11) is 0. The molecule has 0 fully saturated rings. The van der Waals surface area contributed by atoms with Crippen molar-refractivity contribution in [2.45, 2.75) is 39.7 Å². The van der Waals surface area contributed by atoms with Crippen LogP contribution in [0.5, 0.6) is 5.75 Å². The van der Waals surface area contributed by atoms with Crippen LogP contribution in [0.25, 0.3) is 11.0 Å². The number of anilines is 1. The van der Waals surface area contributed by atoms with Crippen LogP contribution in [-0.4, -0.2) is 30.1 Å². The van der Waals surface area contributed by atoms with E-state index in [1.807, 2.05) is 24.3 Å². The number of fused-ring (bicyclic) bond motifs is 2. The van der Waals surface area contributed by atoms with Crippen molar-refractivity contribution in [3.8, 4) is 5.75 Å². The van der Waals surface area contributed by atoms with Gasteiger partial charge in [0.1, 0.15) is 16.2 Å². The number of para-hydroxylation sites is 1. The normalized spacial score (nSPS) is 14.7. The summed E-state index contributed by atoms with van der Waals surface area (Å²) in [5.41, 5.74) is 1.45. The average Bonchev–Trinajstić information content (AvgIpc) is 3.42. The van der Waals surface area contributed by atoms with Crippen molar-refractivity contribution >= 4 is 39.3 Å². The zero-order chi connectivity index (χ0) is 26.1. The summed E-state index contributed by atoms with van der Waals surface area (Å²) in [4.78, 5) is 46.2. The zero-order valence-electron chi connectivity index (χ0n) is 20.8. The van der Waals surface area contributed by atoms with Crippen LogP contribution >= 0.6 is 11.3 Å². The highest BCUT2D eigenvalue weighted by Gasteiger charge is 2.45. The Morgan fingerprint density at radius 2 is 1.86 bits per heavy atom. The van der Waals surface area contributed by atoms with Gasteiger partial charge >= 0.3 is 5.97 Å². The van der Waals surface area contributed by atoms with Gasteiger partial charge in [0.15, 0.2) is 10.6 Å². The lowest BCUT2D eigenvalue weighted by Gasteiger charge is -2.22. The Morgan fingerprint density at radius 3 is 2.59 bits per heavy atom. The van der Waals surface area contributed by atoms with Gasteiger partial charge in [0.05, 0.1) is 35.9 Å². The molecule has 0 radical (unpaired) electrons. The fourth-order valence-corrected chi connectivity index (χ4v) is 5.37. The maximum absolute atomic E-state index is 13.8. The number of nitrogens with zero attached hydrogens (tertiary/aromatic N) is 2. The summed E-state index contributed by atoms with van der Waals surface area (Å²) in [5.74, 6) is -0.315. The van der Waals surface area contributed by atoms with Crippen molar-refractivity contribution in [2.75, 3.05) is 18.1 Å². The molecule has 37 heavy (non-hydrogen) atoms. The molecule has 0 aliphatic carbocycles. The lowest BCUT2D eigenvalue weighted by molar-refractivity contribution is 0.0531. The van der Waals surface area contributed by atoms with Crippen LogP contribution in [0, 0.1) is 6.92 Å². The first kappa shape index (κ1) is 24.7.